The molecule has 94 heavy (non-hydrogen) atoms. The van der Waals surface area contributed by atoms with E-state index in [0.29, 0.717) is 0 Å². The summed E-state index contributed by atoms with van der Waals surface area (Å²) >= 11 is 0. The molecule has 0 radical (unpaired) electrons. The summed E-state index contributed by atoms with van der Waals surface area (Å²) in [6.45, 7) is 55.9. The molecule has 0 fully saturated rings. The normalized spacial score (nSPS) is 13.3. The van der Waals surface area contributed by atoms with Crippen molar-refractivity contribution in [2.75, 3.05) is 0 Å². The Morgan fingerprint density at radius 3 is 0.702 bits per heavy atom. The van der Waals surface area contributed by atoms with E-state index in [4.69, 9.17) is 16.8 Å². The molecule has 0 unspecified atom stereocenters. The van der Waals surface area contributed by atoms with E-state index < -0.39 is 16.0 Å². The Morgan fingerprint density at radius 2 is 0.468 bits per heavy atom. The lowest BCUT2D eigenvalue weighted by Crippen LogP contribution is -2.17. The van der Waals surface area contributed by atoms with Crippen molar-refractivity contribution in [2.45, 2.75) is 209 Å². The second-order valence-corrected chi connectivity index (χ2v) is 37.6. The van der Waals surface area contributed by atoms with Crippen molar-refractivity contribution in [1.82, 2.24) is 0 Å². The molecule has 0 saturated carbocycles. The van der Waals surface area contributed by atoms with Gasteiger partial charge in [0.15, 0.2) is 0 Å². The zero-order valence-corrected chi connectivity index (χ0v) is 62.5. The van der Waals surface area contributed by atoms with Gasteiger partial charge in [0.25, 0.3) is 16.0 Å². The molecular weight excluding hydrogens is 1180 g/mol. The van der Waals surface area contributed by atoms with E-state index in [1.807, 2.05) is 0 Å². The highest BCUT2D eigenvalue weighted by Gasteiger charge is 2.36. The lowest BCUT2D eigenvalue weighted by atomic mass is 9.77. The Bertz CT molecular complexity index is 4550. The van der Waals surface area contributed by atoms with Crippen LogP contribution in [0.4, 0.5) is 0 Å². The van der Waals surface area contributed by atoms with Crippen molar-refractivity contribution in [1.29, 1.82) is 0 Å². The van der Waals surface area contributed by atoms with Crippen LogP contribution in [-0.2, 0) is 43.3 Å². The first kappa shape index (κ1) is 66.5. The standard InChI is InChI=1S/C88H100O4P2/c1-81(2,3)57-45-65-66-46-58(82(4,5)6)50-70(86(16,17)18)76(66)90-93(89-75(65)69(49-57)85(13,14)15)79-63(53-35-27-25-28-36-53)43-55-39-31-33-41-61(55)73(79)74-62-42-34-32-40-56(62)44-64(54-37-29-26-30-38-54)80(74)94-91-77-67(47-59(83(7,8)9)51-71(77)87(19,20)21)68-48-60(84(10,11)12)52-72(78(68)92-94)88(22,23)24/h25-52H,1-24H3. The average molecular weight is 1280 g/mol. The van der Waals surface area contributed by atoms with Gasteiger partial charge >= 0.3 is 0 Å². The maximum atomic E-state index is 8.31. The van der Waals surface area contributed by atoms with Gasteiger partial charge in [-0.25, -0.2) is 0 Å². The number of hydrogen-bond acceptors (Lipinski definition) is 4. The van der Waals surface area contributed by atoms with Gasteiger partial charge in [0.05, 0.1) is 10.6 Å². The summed E-state index contributed by atoms with van der Waals surface area (Å²) in [6.07, 6.45) is 0. The molecule has 0 bridgehead atoms. The fraction of sp³-hybridized carbons (Fsp3) is 0.364. The van der Waals surface area contributed by atoms with Crippen LogP contribution in [0.15, 0.2) is 187 Å². The van der Waals surface area contributed by atoms with Crippen LogP contribution >= 0.6 is 16.0 Å². The maximum absolute atomic E-state index is 8.31. The van der Waals surface area contributed by atoms with Crippen LogP contribution in [0.5, 0.6) is 0 Å². The highest BCUT2D eigenvalue weighted by atomic mass is 31.1. The number of hydrogen-bond donors (Lipinski definition) is 0. The quantitative estimate of drug-likeness (QED) is 0.172. The molecule has 0 N–H and O–H groups in total. The van der Waals surface area contributed by atoms with E-state index in [0.717, 1.165) is 132 Å². The fourth-order valence-electron chi connectivity index (χ4n) is 13.5. The number of rotatable bonds is 5. The molecule has 12 aromatic rings. The minimum absolute atomic E-state index is 0.176. The Balaban J connectivity index is 1.43. The van der Waals surface area contributed by atoms with Crippen LogP contribution in [-0.4, -0.2) is 0 Å². The molecule has 0 saturated heterocycles. The van der Waals surface area contributed by atoms with Crippen LogP contribution < -0.4 is 0 Å². The summed E-state index contributed by atoms with van der Waals surface area (Å²) < 4.78 is 33.2. The summed E-state index contributed by atoms with van der Waals surface area (Å²) in [6, 6.07) is 64.1. The first-order chi connectivity index (χ1) is 43.7. The molecule has 4 nitrogen and oxygen atoms in total. The predicted octanol–water partition coefficient (Wildman–Crippen LogP) is 28.6. The van der Waals surface area contributed by atoms with E-state index >= 15 is 0 Å². The lowest BCUT2D eigenvalue weighted by molar-refractivity contribution is 0.555. The lowest BCUT2D eigenvalue weighted by Gasteiger charge is -2.27. The highest BCUT2D eigenvalue weighted by Crippen LogP contribution is 2.63. The van der Waals surface area contributed by atoms with Crippen molar-refractivity contribution in [3.63, 3.8) is 0 Å². The summed E-state index contributed by atoms with van der Waals surface area (Å²) in [5.41, 5.74) is 17.3. The molecule has 2 aromatic heterocycles. The minimum atomic E-state index is -2.12. The van der Waals surface area contributed by atoms with Crippen LogP contribution in [0.2, 0.25) is 0 Å². The second-order valence-electron chi connectivity index (χ2n) is 35.0. The van der Waals surface area contributed by atoms with Crippen LogP contribution in [0, 0.1) is 0 Å². The third-order valence-corrected chi connectivity index (χ3v) is 22.2. The van der Waals surface area contributed by atoms with Gasteiger partial charge in [-0.3, -0.25) is 0 Å². The Kier molecular flexibility index (Phi) is 16.4. The number of fused-ring (bicyclic) bond motifs is 8. The molecular formula is C88H100O4P2. The van der Waals surface area contributed by atoms with Gasteiger partial charge in [0.2, 0.25) is 0 Å². The summed E-state index contributed by atoms with van der Waals surface area (Å²) in [5.74, 6) is 0. The zero-order valence-electron chi connectivity index (χ0n) is 60.7. The van der Waals surface area contributed by atoms with E-state index in [-0.39, 0.29) is 43.3 Å². The smallest absolute Gasteiger partial charge is 0.254 e. The van der Waals surface area contributed by atoms with Crippen molar-refractivity contribution in [2.24, 2.45) is 0 Å². The molecule has 0 atom stereocenters. The third kappa shape index (κ3) is 12.3. The Morgan fingerprint density at radius 1 is 0.234 bits per heavy atom. The molecule has 10 aromatic carbocycles. The van der Waals surface area contributed by atoms with E-state index in [2.05, 4.69) is 336 Å². The first-order valence-electron chi connectivity index (χ1n) is 34.0. The molecule has 0 amide bonds. The van der Waals surface area contributed by atoms with Crippen molar-refractivity contribution >= 4 is 81.4 Å². The topological polar surface area (TPSA) is 52.6 Å². The van der Waals surface area contributed by atoms with Gasteiger partial charge in [-0.15, -0.1) is 0 Å². The van der Waals surface area contributed by atoms with Crippen LogP contribution in [0.3, 0.4) is 0 Å². The molecule has 0 spiro atoms. The Labute approximate surface area is 562 Å². The van der Waals surface area contributed by atoms with Gasteiger partial charge in [-0.05, 0) is 135 Å². The largest absolute Gasteiger partial charge is 0.415 e. The van der Waals surface area contributed by atoms with Crippen molar-refractivity contribution in [3.8, 4) is 44.0 Å². The molecule has 2 heterocycles. The average Bonchev–Trinajstić information content (AvgIpc) is 1.25. The van der Waals surface area contributed by atoms with Gasteiger partial charge in [0, 0.05) is 66.1 Å². The molecule has 0 aliphatic rings. The molecule has 0 aliphatic heterocycles. The van der Waals surface area contributed by atoms with Crippen LogP contribution in [0.25, 0.3) is 109 Å². The monoisotopic (exact) mass is 1280 g/mol. The summed E-state index contributed by atoms with van der Waals surface area (Å²) in [7, 11) is -4.23. The fourth-order valence-corrected chi connectivity index (χ4v) is 17.0. The SMILES string of the molecule is CC(C)(C)c1cc(C(C)(C)C)c2op(-c3c(-c4ccccc4)cc4ccccc4c3-c3c(-p4oc5c(C(C)(C)C)cc(C(C)(C)C)cc5c5cc(C(C)(C)C)cc(C(C)(C)C)c5o4)c(-c4ccccc4)cc4ccccc34)oc3c(C(C)(C)C)cc(C(C)(C)C)cc3c2c1. The van der Waals surface area contributed by atoms with Crippen LogP contribution in [0.1, 0.15) is 211 Å². The highest BCUT2D eigenvalue weighted by molar-refractivity contribution is 7.47. The number of benzene rings is 10. The van der Waals surface area contributed by atoms with E-state index in [1.54, 1.807) is 0 Å². The molecule has 0 aliphatic carbocycles. The van der Waals surface area contributed by atoms with Gasteiger partial charge in [0.1, 0.15) is 22.3 Å². The van der Waals surface area contributed by atoms with Crippen molar-refractivity contribution in [3.05, 3.63) is 214 Å². The van der Waals surface area contributed by atoms with E-state index in [9.17, 15) is 0 Å². The van der Waals surface area contributed by atoms with Gasteiger partial charge in [-0.2, -0.15) is 0 Å². The first-order valence-corrected chi connectivity index (χ1v) is 36.3. The Hall–Kier alpha value is -7.48. The minimum Gasteiger partial charge on any atom is -0.415 e. The van der Waals surface area contributed by atoms with Gasteiger partial charge in [-0.1, -0.05) is 300 Å². The summed E-state index contributed by atoms with van der Waals surface area (Å²) in [4.78, 5) is 0. The van der Waals surface area contributed by atoms with Gasteiger partial charge < -0.3 is 16.8 Å². The predicted molar refractivity (Wildman–Crippen MR) is 410 cm³/mol. The maximum Gasteiger partial charge on any atom is 0.254 e. The van der Waals surface area contributed by atoms with E-state index in [1.165, 1.54) is 22.3 Å². The zero-order chi connectivity index (χ0) is 67.9. The molecule has 6 heteroatoms. The third-order valence-electron chi connectivity index (χ3n) is 19.2. The molecule has 486 valence electrons. The summed E-state index contributed by atoms with van der Waals surface area (Å²) in [5, 5.41) is 10.6. The second kappa shape index (κ2) is 23.1. The van der Waals surface area contributed by atoms with Crippen molar-refractivity contribution < 1.29 is 16.8 Å². The molecule has 12 rings (SSSR count).